The van der Waals surface area contributed by atoms with E-state index in [0.717, 1.165) is 10.0 Å². The molecule has 0 spiro atoms. The topological polar surface area (TPSA) is 77.0 Å². The maximum atomic E-state index is 13.0. The molecular formula is C21H18BrFN2O4S. The molecule has 1 N–H and O–H groups in total. The molecule has 0 fully saturated rings. The van der Waals surface area contributed by atoms with E-state index in [1.807, 2.05) is 0 Å². The van der Waals surface area contributed by atoms with Gasteiger partial charge in [0.05, 0.1) is 18.2 Å². The lowest BCUT2D eigenvalue weighted by Crippen LogP contribution is -2.18. The number of ether oxygens (including phenoxy) is 2. The first-order valence-corrected chi connectivity index (χ1v) is 11.0. The van der Waals surface area contributed by atoms with Gasteiger partial charge in [-0.2, -0.15) is 13.5 Å². The molecule has 0 aliphatic carbocycles. The summed E-state index contributed by atoms with van der Waals surface area (Å²) in [5.41, 5.74) is 1.42. The van der Waals surface area contributed by atoms with E-state index >= 15 is 0 Å². The van der Waals surface area contributed by atoms with E-state index in [1.54, 1.807) is 42.5 Å². The van der Waals surface area contributed by atoms with Gasteiger partial charge in [0.1, 0.15) is 12.4 Å². The van der Waals surface area contributed by atoms with Crippen molar-refractivity contribution in [2.24, 2.45) is 5.10 Å². The van der Waals surface area contributed by atoms with E-state index in [9.17, 15) is 12.8 Å². The van der Waals surface area contributed by atoms with Gasteiger partial charge in [0.15, 0.2) is 11.5 Å². The molecule has 30 heavy (non-hydrogen) atoms. The van der Waals surface area contributed by atoms with Crippen molar-refractivity contribution in [3.63, 3.8) is 0 Å². The molecule has 0 aromatic heterocycles. The summed E-state index contributed by atoms with van der Waals surface area (Å²) in [5.74, 6) is 0.641. The zero-order valence-corrected chi connectivity index (χ0v) is 18.3. The number of rotatable bonds is 8. The maximum absolute atomic E-state index is 13.0. The number of hydrogen-bond acceptors (Lipinski definition) is 5. The van der Waals surface area contributed by atoms with Crippen LogP contribution in [0.5, 0.6) is 11.5 Å². The second-order valence-corrected chi connectivity index (χ2v) is 8.71. The molecule has 0 atom stereocenters. The second-order valence-electron chi connectivity index (χ2n) is 6.13. The van der Waals surface area contributed by atoms with Crippen LogP contribution in [-0.2, 0) is 16.6 Å². The van der Waals surface area contributed by atoms with Crippen LogP contribution < -0.4 is 14.3 Å². The molecular weight excluding hydrogens is 475 g/mol. The molecule has 3 aromatic carbocycles. The van der Waals surface area contributed by atoms with Gasteiger partial charge in [-0.15, -0.1) is 0 Å². The second kappa shape index (κ2) is 9.73. The molecule has 156 valence electrons. The minimum Gasteiger partial charge on any atom is -0.493 e. The number of benzene rings is 3. The Bertz CT molecular complexity index is 1130. The number of nitrogens with one attached hydrogen (secondary N) is 1. The van der Waals surface area contributed by atoms with Crippen molar-refractivity contribution in [1.82, 2.24) is 4.83 Å². The zero-order valence-electron chi connectivity index (χ0n) is 15.9. The standard InChI is InChI=1S/C21H18BrFN2O4S/c1-28-21-12-16(4-11-20(21)29-14-15-2-7-18(23)8-3-15)13-24-25-30(26,27)19-9-5-17(22)6-10-19/h2-13,25H,14H2,1H3/b24-13-. The smallest absolute Gasteiger partial charge is 0.276 e. The lowest BCUT2D eigenvalue weighted by atomic mass is 10.2. The first-order valence-electron chi connectivity index (χ1n) is 8.73. The van der Waals surface area contributed by atoms with Crippen molar-refractivity contribution >= 4 is 32.2 Å². The minimum atomic E-state index is -3.76. The fourth-order valence-corrected chi connectivity index (χ4v) is 3.52. The van der Waals surface area contributed by atoms with Crippen LogP contribution in [-0.4, -0.2) is 21.7 Å². The highest BCUT2D eigenvalue weighted by molar-refractivity contribution is 9.10. The van der Waals surface area contributed by atoms with Crippen molar-refractivity contribution < 1.29 is 22.3 Å². The van der Waals surface area contributed by atoms with Crippen LogP contribution in [0.25, 0.3) is 0 Å². The first kappa shape index (κ1) is 21.8. The minimum absolute atomic E-state index is 0.102. The molecule has 0 saturated heterocycles. The van der Waals surface area contributed by atoms with Crippen molar-refractivity contribution in [3.05, 3.63) is 88.1 Å². The fraction of sp³-hybridized carbons (Fsp3) is 0.0952. The Morgan fingerprint density at radius 3 is 2.40 bits per heavy atom. The normalized spacial score (nSPS) is 11.4. The molecule has 3 aromatic rings. The molecule has 0 aliphatic rings. The SMILES string of the molecule is COc1cc(/C=N\NS(=O)(=O)c2ccc(Br)cc2)ccc1OCc1ccc(F)cc1. The molecule has 0 aliphatic heterocycles. The van der Waals surface area contributed by atoms with Gasteiger partial charge in [0.2, 0.25) is 0 Å². The van der Waals surface area contributed by atoms with Crippen LogP contribution in [0.3, 0.4) is 0 Å². The Labute approximate surface area is 182 Å². The summed E-state index contributed by atoms with van der Waals surface area (Å²) in [7, 11) is -2.27. The quantitative estimate of drug-likeness (QED) is 0.371. The predicted octanol–water partition coefficient (Wildman–Crippen LogP) is 4.49. The highest BCUT2D eigenvalue weighted by Gasteiger charge is 2.12. The molecule has 3 rings (SSSR count). The summed E-state index contributed by atoms with van der Waals surface area (Å²) in [5, 5.41) is 3.81. The van der Waals surface area contributed by atoms with E-state index in [4.69, 9.17) is 9.47 Å². The molecule has 0 heterocycles. The van der Waals surface area contributed by atoms with Crippen molar-refractivity contribution in [1.29, 1.82) is 0 Å². The van der Waals surface area contributed by atoms with Gasteiger partial charge >= 0.3 is 0 Å². The van der Waals surface area contributed by atoms with Crippen molar-refractivity contribution in [3.8, 4) is 11.5 Å². The number of hydrazone groups is 1. The van der Waals surface area contributed by atoms with E-state index in [2.05, 4.69) is 25.9 Å². The summed E-state index contributed by atoms with van der Waals surface area (Å²) >= 11 is 3.26. The van der Waals surface area contributed by atoms with Crippen LogP contribution in [0.1, 0.15) is 11.1 Å². The molecule has 6 nitrogen and oxygen atoms in total. The molecule has 0 unspecified atom stereocenters. The summed E-state index contributed by atoms with van der Waals surface area (Å²) in [4.78, 5) is 2.27. The lowest BCUT2D eigenvalue weighted by Gasteiger charge is -2.11. The van der Waals surface area contributed by atoms with Crippen LogP contribution in [0.2, 0.25) is 0 Å². The maximum Gasteiger partial charge on any atom is 0.276 e. The lowest BCUT2D eigenvalue weighted by molar-refractivity contribution is 0.284. The molecule has 9 heteroatoms. The monoisotopic (exact) mass is 492 g/mol. The molecule has 0 saturated carbocycles. The van der Waals surface area contributed by atoms with Crippen molar-refractivity contribution in [2.45, 2.75) is 11.5 Å². The summed E-state index contributed by atoms with van der Waals surface area (Å²) < 4.78 is 49.3. The molecule has 0 amide bonds. The highest BCUT2D eigenvalue weighted by Crippen LogP contribution is 2.28. The van der Waals surface area contributed by atoms with Crippen LogP contribution in [0.15, 0.2) is 81.2 Å². The fourth-order valence-electron chi connectivity index (χ4n) is 2.46. The van der Waals surface area contributed by atoms with E-state index in [0.29, 0.717) is 17.1 Å². The average molecular weight is 493 g/mol. The summed E-state index contributed by atoms with van der Waals surface area (Å²) in [6, 6.07) is 17.3. The summed E-state index contributed by atoms with van der Waals surface area (Å²) in [6.45, 7) is 0.247. The Morgan fingerprint density at radius 1 is 1.03 bits per heavy atom. The molecule has 0 radical (unpaired) electrons. The van der Waals surface area contributed by atoms with Crippen LogP contribution in [0.4, 0.5) is 4.39 Å². The van der Waals surface area contributed by atoms with Gasteiger partial charge < -0.3 is 9.47 Å². The van der Waals surface area contributed by atoms with Crippen molar-refractivity contribution in [2.75, 3.05) is 7.11 Å². The number of halogens is 2. The van der Waals surface area contributed by atoms with Gasteiger partial charge in [-0.3, -0.25) is 0 Å². The molecule has 0 bridgehead atoms. The van der Waals surface area contributed by atoms with E-state index in [-0.39, 0.29) is 17.3 Å². The van der Waals surface area contributed by atoms with Gasteiger partial charge in [-0.25, -0.2) is 9.22 Å². The van der Waals surface area contributed by atoms with Gasteiger partial charge in [-0.1, -0.05) is 28.1 Å². The van der Waals surface area contributed by atoms with Gasteiger partial charge in [0.25, 0.3) is 10.0 Å². The van der Waals surface area contributed by atoms with E-state index in [1.165, 1.54) is 37.6 Å². The average Bonchev–Trinajstić information content (AvgIpc) is 2.74. The summed E-state index contributed by atoms with van der Waals surface area (Å²) in [6.07, 6.45) is 1.36. The zero-order chi connectivity index (χ0) is 21.6. The Morgan fingerprint density at radius 2 is 1.73 bits per heavy atom. The number of methoxy groups -OCH3 is 1. The Hall–Kier alpha value is -2.91. The third-order valence-electron chi connectivity index (χ3n) is 4.01. The van der Waals surface area contributed by atoms with Crippen LogP contribution >= 0.6 is 15.9 Å². The largest absolute Gasteiger partial charge is 0.493 e. The third kappa shape index (κ3) is 5.80. The number of sulfonamides is 1. The third-order valence-corrected chi connectivity index (χ3v) is 5.77. The van der Waals surface area contributed by atoms with Crippen LogP contribution in [0, 0.1) is 5.82 Å². The Balaban J connectivity index is 1.66. The van der Waals surface area contributed by atoms with Gasteiger partial charge in [-0.05, 0) is 65.7 Å². The Kier molecular flexibility index (Phi) is 7.07. The van der Waals surface area contributed by atoms with E-state index < -0.39 is 10.0 Å². The first-order chi connectivity index (χ1) is 14.4. The predicted molar refractivity (Wildman–Crippen MR) is 116 cm³/mol. The highest BCUT2D eigenvalue weighted by atomic mass is 79.9. The number of nitrogens with zero attached hydrogens (tertiary/aromatic N) is 1. The number of hydrogen-bond donors (Lipinski definition) is 1. The van der Waals surface area contributed by atoms with Gasteiger partial charge in [0, 0.05) is 4.47 Å².